The molecule has 0 unspecified atom stereocenters. The molecule has 3 aromatic rings. The quantitative estimate of drug-likeness (QED) is 0.653. The standard InChI is InChI=1S/C22H16N2O4S/c1-13(21(25)24-16-8-6-14(11-23)7-9-16)28-22(26)19-10-15-12-27-18-5-3-2-4-17(18)20(15)29-19/h2-10,13H,12H2,1H3,(H,24,25)/t13-/m1/s1. The summed E-state index contributed by atoms with van der Waals surface area (Å²) in [6, 6.07) is 17.9. The molecule has 0 saturated carbocycles. The topological polar surface area (TPSA) is 88.4 Å². The molecule has 0 bridgehead atoms. The van der Waals surface area contributed by atoms with Gasteiger partial charge < -0.3 is 14.8 Å². The van der Waals surface area contributed by atoms with Crippen molar-refractivity contribution in [3.05, 3.63) is 70.6 Å². The number of thiophene rings is 1. The second-order valence-corrected chi connectivity index (χ2v) is 7.53. The molecule has 4 rings (SSSR count). The van der Waals surface area contributed by atoms with Crippen molar-refractivity contribution < 1.29 is 19.1 Å². The van der Waals surface area contributed by atoms with Crippen molar-refractivity contribution in [2.45, 2.75) is 19.6 Å². The van der Waals surface area contributed by atoms with Crippen molar-refractivity contribution in [3.8, 4) is 22.3 Å². The van der Waals surface area contributed by atoms with Crippen LogP contribution >= 0.6 is 11.3 Å². The molecular weight excluding hydrogens is 388 g/mol. The molecule has 2 heterocycles. The predicted molar refractivity (Wildman–Crippen MR) is 109 cm³/mol. The number of amides is 1. The van der Waals surface area contributed by atoms with Crippen LogP contribution in [0.2, 0.25) is 0 Å². The van der Waals surface area contributed by atoms with Crippen LogP contribution in [0.4, 0.5) is 5.69 Å². The van der Waals surface area contributed by atoms with E-state index in [0.29, 0.717) is 22.7 Å². The second kappa shape index (κ2) is 7.78. The van der Waals surface area contributed by atoms with E-state index >= 15 is 0 Å². The molecule has 0 fully saturated rings. The highest BCUT2D eigenvalue weighted by Gasteiger charge is 2.25. The van der Waals surface area contributed by atoms with Gasteiger partial charge in [-0.3, -0.25) is 4.79 Å². The number of ether oxygens (including phenoxy) is 2. The number of nitrogens with zero attached hydrogens (tertiary/aromatic N) is 1. The molecule has 0 saturated heterocycles. The molecule has 1 atom stereocenters. The molecule has 6 nitrogen and oxygen atoms in total. The molecule has 1 N–H and O–H groups in total. The van der Waals surface area contributed by atoms with Crippen LogP contribution in [0.25, 0.3) is 10.4 Å². The Bertz CT molecular complexity index is 1130. The minimum atomic E-state index is -0.971. The van der Waals surface area contributed by atoms with Gasteiger partial charge in [-0.05, 0) is 49.4 Å². The van der Waals surface area contributed by atoms with E-state index in [1.807, 2.05) is 30.3 Å². The van der Waals surface area contributed by atoms with E-state index in [1.165, 1.54) is 18.3 Å². The first-order valence-electron chi connectivity index (χ1n) is 8.92. The monoisotopic (exact) mass is 404 g/mol. The summed E-state index contributed by atoms with van der Waals surface area (Å²) in [5.74, 6) is -0.209. The number of carbonyl (C=O) groups is 2. The SMILES string of the molecule is C[C@@H](OC(=O)c1cc2c(s1)-c1ccccc1OC2)C(=O)Nc1ccc(C#N)cc1. The number of nitrogens with one attached hydrogen (secondary N) is 1. The minimum absolute atomic E-state index is 0.394. The third-order valence-electron chi connectivity index (χ3n) is 4.46. The van der Waals surface area contributed by atoms with Crippen molar-refractivity contribution in [2.75, 3.05) is 5.32 Å². The molecule has 0 radical (unpaired) electrons. The average Bonchev–Trinajstić information content (AvgIpc) is 3.19. The van der Waals surface area contributed by atoms with Crippen LogP contribution in [-0.4, -0.2) is 18.0 Å². The maximum Gasteiger partial charge on any atom is 0.349 e. The maximum absolute atomic E-state index is 12.6. The van der Waals surface area contributed by atoms with Gasteiger partial charge in [0.25, 0.3) is 5.91 Å². The van der Waals surface area contributed by atoms with Gasteiger partial charge in [-0.1, -0.05) is 12.1 Å². The number of rotatable bonds is 4. The predicted octanol–water partition coefficient (Wildman–Crippen LogP) is 4.36. The Morgan fingerprint density at radius 3 is 2.72 bits per heavy atom. The van der Waals surface area contributed by atoms with E-state index in [4.69, 9.17) is 14.7 Å². The van der Waals surface area contributed by atoms with Crippen molar-refractivity contribution in [2.24, 2.45) is 0 Å². The van der Waals surface area contributed by atoms with E-state index in [1.54, 1.807) is 30.3 Å². The first-order chi connectivity index (χ1) is 14.0. The van der Waals surface area contributed by atoms with Crippen LogP contribution < -0.4 is 10.1 Å². The van der Waals surface area contributed by atoms with Crippen LogP contribution in [0.5, 0.6) is 5.75 Å². The fraction of sp³-hybridized carbons (Fsp3) is 0.136. The van der Waals surface area contributed by atoms with Gasteiger partial charge in [-0.15, -0.1) is 11.3 Å². The molecule has 1 amide bonds. The molecule has 1 aliphatic rings. The lowest BCUT2D eigenvalue weighted by molar-refractivity contribution is -0.123. The van der Waals surface area contributed by atoms with Gasteiger partial charge in [0, 0.05) is 21.7 Å². The first kappa shape index (κ1) is 18.7. The molecular formula is C22H16N2O4S. The number of esters is 1. The zero-order valence-corrected chi connectivity index (χ0v) is 16.3. The fourth-order valence-corrected chi connectivity index (χ4v) is 4.02. The lowest BCUT2D eigenvalue weighted by Gasteiger charge is -2.16. The third-order valence-corrected chi connectivity index (χ3v) is 5.65. The van der Waals surface area contributed by atoms with E-state index < -0.39 is 18.0 Å². The maximum atomic E-state index is 12.6. The molecule has 144 valence electrons. The van der Waals surface area contributed by atoms with Crippen molar-refractivity contribution in [1.29, 1.82) is 5.26 Å². The van der Waals surface area contributed by atoms with Gasteiger partial charge in [0.2, 0.25) is 0 Å². The molecule has 0 spiro atoms. The van der Waals surface area contributed by atoms with Crippen LogP contribution in [-0.2, 0) is 16.1 Å². The molecule has 7 heteroatoms. The Morgan fingerprint density at radius 2 is 1.97 bits per heavy atom. The number of hydrogen-bond acceptors (Lipinski definition) is 6. The lowest BCUT2D eigenvalue weighted by atomic mass is 10.1. The Labute approximate surface area is 171 Å². The molecule has 1 aliphatic heterocycles. The third kappa shape index (κ3) is 3.84. The number of fused-ring (bicyclic) bond motifs is 3. The molecule has 0 aliphatic carbocycles. The number of para-hydroxylation sites is 1. The number of benzene rings is 2. The van der Waals surface area contributed by atoms with Crippen LogP contribution in [0.3, 0.4) is 0 Å². The summed E-state index contributed by atoms with van der Waals surface area (Å²) >= 11 is 1.33. The zero-order valence-electron chi connectivity index (χ0n) is 15.5. The lowest BCUT2D eigenvalue weighted by Crippen LogP contribution is -2.29. The molecule has 1 aromatic heterocycles. The average molecular weight is 404 g/mol. The summed E-state index contributed by atoms with van der Waals surface area (Å²) in [5, 5.41) is 11.5. The Hall–Kier alpha value is -3.63. The van der Waals surface area contributed by atoms with Crippen molar-refractivity contribution in [1.82, 2.24) is 0 Å². The summed E-state index contributed by atoms with van der Waals surface area (Å²) in [6.07, 6.45) is -0.971. The normalized spacial score (nSPS) is 12.6. The van der Waals surface area contributed by atoms with Crippen LogP contribution in [0.1, 0.15) is 27.7 Å². The summed E-state index contributed by atoms with van der Waals surface area (Å²) < 4.78 is 11.1. The van der Waals surface area contributed by atoms with Gasteiger partial charge in [0.1, 0.15) is 17.2 Å². The van der Waals surface area contributed by atoms with Crippen molar-refractivity contribution >= 4 is 28.9 Å². The van der Waals surface area contributed by atoms with Gasteiger partial charge >= 0.3 is 5.97 Å². The van der Waals surface area contributed by atoms with E-state index in [2.05, 4.69) is 5.32 Å². The van der Waals surface area contributed by atoms with Crippen LogP contribution in [0.15, 0.2) is 54.6 Å². The summed E-state index contributed by atoms with van der Waals surface area (Å²) in [5.41, 5.74) is 2.90. The van der Waals surface area contributed by atoms with E-state index in [0.717, 1.165) is 21.8 Å². The van der Waals surface area contributed by atoms with Gasteiger partial charge in [-0.2, -0.15) is 5.26 Å². The van der Waals surface area contributed by atoms with E-state index in [-0.39, 0.29) is 0 Å². The largest absolute Gasteiger partial charge is 0.488 e. The fourth-order valence-electron chi connectivity index (χ4n) is 2.94. The first-order valence-corrected chi connectivity index (χ1v) is 9.73. The Morgan fingerprint density at radius 1 is 1.21 bits per heavy atom. The summed E-state index contributed by atoms with van der Waals surface area (Å²) in [6.45, 7) is 1.91. The van der Waals surface area contributed by atoms with Gasteiger partial charge in [0.15, 0.2) is 6.10 Å². The van der Waals surface area contributed by atoms with E-state index in [9.17, 15) is 9.59 Å². The number of carbonyl (C=O) groups excluding carboxylic acids is 2. The molecule has 2 aromatic carbocycles. The number of nitriles is 1. The number of hydrogen-bond donors (Lipinski definition) is 1. The summed E-state index contributed by atoms with van der Waals surface area (Å²) in [4.78, 5) is 26.3. The highest BCUT2D eigenvalue weighted by Crippen LogP contribution is 2.42. The zero-order chi connectivity index (χ0) is 20.4. The Balaban J connectivity index is 1.44. The number of anilines is 1. The minimum Gasteiger partial charge on any atom is -0.488 e. The van der Waals surface area contributed by atoms with Crippen LogP contribution in [0, 0.1) is 11.3 Å². The van der Waals surface area contributed by atoms with Gasteiger partial charge in [0.05, 0.1) is 11.6 Å². The highest BCUT2D eigenvalue weighted by atomic mass is 32.1. The Kier molecular flexibility index (Phi) is 5.02. The highest BCUT2D eigenvalue weighted by molar-refractivity contribution is 7.17. The molecule has 29 heavy (non-hydrogen) atoms. The van der Waals surface area contributed by atoms with Crippen molar-refractivity contribution in [3.63, 3.8) is 0 Å². The second-order valence-electron chi connectivity index (χ2n) is 6.48. The van der Waals surface area contributed by atoms with Gasteiger partial charge in [-0.25, -0.2) is 4.79 Å². The smallest absolute Gasteiger partial charge is 0.349 e. The summed E-state index contributed by atoms with van der Waals surface area (Å²) in [7, 11) is 0.